The number of carbonyl (C=O) groups is 2. The van der Waals surface area contributed by atoms with E-state index in [4.69, 9.17) is 9.47 Å². The Kier molecular flexibility index (Phi) is 6.63. The first-order chi connectivity index (χ1) is 10.3. The third kappa shape index (κ3) is 5.60. The minimum atomic E-state index is -0.589. The van der Waals surface area contributed by atoms with Crippen molar-refractivity contribution in [3.8, 4) is 11.5 Å². The molecule has 0 spiro atoms. The summed E-state index contributed by atoms with van der Waals surface area (Å²) in [5.74, 6) is 0.0797. The summed E-state index contributed by atoms with van der Waals surface area (Å²) >= 11 is 0. The molecule has 22 heavy (non-hydrogen) atoms. The van der Waals surface area contributed by atoms with Crippen LogP contribution in [-0.4, -0.2) is 31.1 Å². The van der Waals surface area contributed by atoms with Crippen LogP contribution in [0.3, 0.4) is 0 Å². The molecular weight excluding hydrogens is 284 g/mol. The van der Waals surface area contributed by atoms with Crippen molar-refractivity contribution >= 4 is 11.8 Å². The third-order valence-corrected chi connectivity index (χ3v) is 2.52. The minimum Gasteiger partial charge on any atom is -0.491 e. The summed E-state index contributed by atoms with van der Waals surface area (Å²) in [5, 5.41) is 0. The third-order valence-electron chi connectivity index (χ3n) is 2.52. The number of allylic oxidation sites excluding steroid dienone is 1. The summed E-state index contributed by atoms with van der Waals surface area (Å²) in [6, 6.07) is 5.05. The Morgan fingerprint density at radius 2 is 1.64 bits per heavy atom. The van der Waals surface area contributed by atoms with Crippen molar-refractivity contribution in [2.75, 3.05) is 7.11 Å². The van der Waals surface area contributed by atoms with Crippen molar-refractivity contribution in [1.29, 1.82) is 0 Å². The molecule has 0 bridgehead atoms. The minimum absolute atomic E-state index is 0.00886. The average Bonchev–Trinajstić information content (AvgIpc) is 2.44. The van der Waals surface area contributed by atoms with Crippen LogP contribution in [0.1, 0.15) is 38.1 Å². The number of esters is 1. The van der Waals surface area contributed by atoms with Crippen LogP contribution in [0.15, 0.2) is 30.4 Å². The molecule has 120 valence electrons. The van der Waals surface area contributed by atoms with Gasteiger partial charge in [0.05, 0.1) is 24.9 Å². The fourth-order valence-corrected chi connectivity index (χ4v) is 1.71. The maximum atomic E-state index is 12.3. The predicted octanol–water partition coefficient (Wildman–Crippen LogP) is 3.17. The van der Waals surface area contributed by atoms with E-state index in [1.165, 1.54) is 7.11 Å². The second-order valence-electron chi connectivity index (χ2n) is 5.21. The molecule has 0 heterocycles. The standard InChI is InChI=1S/C17H22O5/c1-11(2)21-13-6-8-16(22-12(3)4)14(10-13)15(18)7-9-17(19)20-5/h6-12H,1-5H3/b9-7+. The van der Waals surface area contributed by atoms with E-state index in [0.29, 0.717) is 17.1 Å². The smallest absolute Gasteiger partial charge is 0.330 e. The molecule has 0 aliphatic rings. The second-order valence-corrected chi connectivity index (χ2v) is 5.21. The van der Waals surface area contributed by atoms with Crippen molar-refractivity contribution < 1.29 is 23.8 Å². The first-order valence-corrected chi connectivity index (χ1v) is 7.11. The van der Waals surface area contributed by atoms with E-state index < -0.39 is 5.97 Å². The van der Waals surface area contributed by atoms with E-state index in [2.05, 4.69) is 4.74 Å². The molecule has 1 aromatic carbocycles. The fraction of sp³-hybridized carbons (Fsp3) is 0.412. The highest BCUT2D eigenvalue weighted by Gasteiger charge is 2.14. The van der Waals surface area contributed by atoms with Gasteiger partial charge in [-0.05, 0) is 52.0 Å². The van der Waals surface area contributed by atoms with E-state index in [1.807, 2.05) is 27.7 Å². The lowest BCUT2D eigenvalue weighted by molar-refractivity contribution is -0.134. The lowest BCUT2D eigenvalue weighted by Gasteiger charge is -2.15. The molecule has 5 heteroatoms. The zero-order valence-electron chi connectivity index (χ0n) is 13.6. The van der Waals surface area contributed by atoms with Crippen LogP contribution in [-0.2, 0) is 9.53 Å². The summed E-state index contributed by atoms with van der Waals surface area (Å²) in [5.41, 5.74) is 0.340. The van der Waals surface area contributed by atoms with E-state index in [-0.39, 0.29) is 18.0 Å². The van der Waals surface area contributed by atoms with Crippen LogP contribution in [0.5, 0.6) is 11.5 Å². The zero-order valence-corrected chi connectivity index (χ0v) is 13.6. The first-order valence-electron chi connectivity index (χ1n) is 7.11. The summed E-state index contributed by atoms with van der Waals surface area (Å²) < 4.78 is 15.7. The molecule has 0 saturated heterocycles. The summed E-state index contributed by atoms with van der Waals surface area (Å²) in [6.45, 7) is 7.54. The summed E-state index contributed by atoms with van der Waals surface area (Å²) in [4.78, 5) is 23.4. The van der Waals surface area contributed by atoms with Gasteiger partial charge in [-0.15, -0.1) is 0 Å². The largest absolute Gasteiger partial charge is 0.491 e. The van der Waals surface area contributed by atoms with E-state index in [1.54, 1.807) is 18.2 Å². The Morgan fingerprint density at radius 1 is 1.00 bits per heavy atom. The number of ketones is 1. The van der Waals surface area contributed by atoms with Crippen LogP contribution in [0.4, 0.5) is 0 Å². The van der Waals surface area contributed by atoms with Gasteiger partial charge in [-0.3, -0.25) is 4.79 Å². The highest BCUT2D eigenvalue weighted by Crippen LogP contribution is 2.26. The van der Waals surface area contributed by atoms with Gasteiger partial charge in [0.2, 0.25) is 0 Å². The first kappa shape index (κ1) is 17.8. The number of rotatable bonds is 7. The molecule has 0 aliphatic carbocycles. The maximum Gasteiger partial charge on any atom is 0.330 e. The molecule has 0 fully saturated rings. The van der Waals surface area contributed by atoms with Gasteiger partial charge in [0.15, 0.2) is 5.78 Å². The van der Waals surface area contributed by atoms with Gasteiger partial charge in [0, 0.05) is 6.08 Å². The van der Waals surface area contributed by atoms with E-state index in [0.717, 1.165) is 12.2 Å². The van der Waals surface area contributed by atoms with Crippen LogP contribution < -0.4 is 9.47 Å². The number of methoxy groups -OCH3 is 1. The normalized spacial score (nSPS) is 11.0. The molecule has 1 rings (SSSR count). The van der Waals surface area contributed by atoms with E-state index in [9.17, 15) is 9.59 Å². The Balaban J connectivity index is 3.12. The van der Waals surface area contributed by atoms with Gasteiger partial charge < -0.3 is 14.2 Å². The van der Waals surface area contributed by atoms with Gasteiger partial charge >= 0.3 is 5.97 Å². The van der Waals surface area contributed by atoms with Gasteiger partial charge in [-0.1, -0.05) is 0 Å². The van der Waals surface area contributed by atoms with Crippen LogP contribution in [0, 0.1) is 0 Å². The lowest BCUT2D eigenvalue weighted by Crippen LogP contribution is -2.11. The molecule has 0 unspecified atom stereocenters. The van der Waals surface area contributed by atoms with Crippen molar-refractivity contribution in [2.24, 2.45) is 0 Å². The van der Waals surface area contributed by atoms with Crippen molar-refractivity contribution in [2.45, 2.75) is 39.9 Å². The highest BCUT2D eigenvalue weighted by atomic mass is 16.5. The van der Waals surface area contributed by atoms with Gasteiger partial charge in [0.25, 0.3) is 0 Å². The number of hydrogen-bond acceptors (Lipinski definition) is 5. The molecule has 0 atom stereocenters. The van der Waals surface area contributed by atoms with Crippen molar-refractivity contribution in [3.63, 3.8) is 0 Å². The topological polar surface area (TPSA) is 61.8 Å². The fourth-order valence-electron chi connectivity index (χ4n) is 1.71. The van der Waals surface area contributed by atoms with Crippen molar-refractivity contribution in [3.05, 3.63) is 35.9 Å². The van der Waals surface area contributed by atoms with Crippen LogP contribution in [0.25, 0.3) is 0 Å². The van der Waals surface area contributed by atoms with E-state index >= 15 is 0 Å². The lowest BCUT2D eigenvalue weighted by atomic mass is 10.1. The van der Waals surface area contributed by atoms with Crippen LogP contribution in [0.2, 0.25) is 0 Å². The van der Waals surface area contributed by atoms with Gasteiger partial charge in [0.1, 0.15) is 11.5 Å². The molecule has 0 saturated carbocycles. The molecule has 5 nitrogen and oxygen atoms in total. The number of benzene rings is 1. The molecule has 0 aliphatic heterocycles. The second kappa shape index (κ2) is 8.22. The number of hydrogen-bond donors (Lipinski definition) is 0. The molecule has 0 N–H and O–H groups in total. The highest BCUT2D eigenvalue weighted by molar-refractivity contribution is 6.08. The van der Waals surface area contributed by atoms with Crippen LogP contribution >= 0.6 is 0 Å². The monoisotopic (exact) mass is 306 g/mol. The maximum absolute atomic E-state index is 12.3. The quantitative estimate of drug-likeness (QED) is 0.440. The molecule has 0 aromatic heterocycles. The summed E-state index contributed by atoms with van der Waals surface area (Å²) in [7, 11) is 1.25. The van der Waals surface area contributed by atoms with Crippen molar-refractivity contribution in [1.82, 2.24) is 0 Å². The zero-order chi connectivity index (χ0) is 16.7. The Morgan fingerprint density at radius 3 is 2.18 bits per heavy atom. The number of ether oxygens (including phenoxy) is 3. The van der Waals surface area contributed by atoms with Gasteiger partial charge in [-0.25, -0.2) is 4.79 Å². The molecule has 0 amide bonds. The number of carbonyl (C=O) groups excluding carboxylic acids is 2. The Labute approximate surface area is 130 Å². The molecule has 1 aromatic rings. The Hall–Kier alpha value is -2.30. The Bertz CT molecular complexity index is 558. The summed E-state index contributed by atoms with van der Waals surface area (Å²) in [6.07, 6.45) is 2.16. The van der Waals surface area contributed by atoms with Gasteiger partial charge in [-0.2, -0.15) is 0 Å². The average molecular weight is 306 g/mol. The molecular formula is C17H22O5. The predicted molar refractivity (Wildman–Crippen MR) is 83.5 cm³/mol. The molecule has 0 radical (unpaired) electrons. The SMILES string of the molecule is COC(=O)/C=C/C(=O)c1cc(OC(C)C)ccc1OC(C)C.